The van der Waals surface area contributed by atoms with Crippen molar-refractivity contribution in [3.63, 3.8) is 0 Å². The first kappa shape index (κ1) is 22.3. The summed E-state index contributed by atoms with van der Waals surface area (Å²) in [7, 11) is 0. The molecule has 0 spiro atoms. The van der Waals surface area contributed by atoms with Gasteiger partial charge in [-0.3, -0.25) is 0 Å². The van der Waals surface area contributed by atoms with Gasteiger partial charge in [0.1, 0.15) is 12.4 Å². The summed E-state index contributed by atoms with van der Waals surface area (Å²) in [5.74, 6) is 0.272. The third-order valence-electron chi connectivity index (χ3n) is 5.93. The number of rotatable bonds is 7. The molecule has 154 valence electrons. The Morgan fingerprint density at radius 3 is 2.63 bits per heavy atom. The number of hydrogen-bond donors (Lipinski definition) is 2. The van der Waals surface area contributed by atoms with E-state index >= 15 is 0 Å². The number of carbonyl (C=O) groups excluding carboxylic acids is 1. The molecule has 2 N–H and O–H groups in total. The van der Waals surface area contributed by atoms with E-state index in [0.717, 1.165) is 24.7 Å². The van der Waals surface area contributed by atoms with Gasteiger partial charge in [0.05, 0.1) is 30.5 Å². The minimum atomic E-state index is -0.778. The van der Waals surface area contributed by atoms with Crippen molar-refractivity contribution in [3.05, 3.63) is 23.8 Å². The number of carbonyl (C=O) groups is 1. The fourth-order valence-electron chi connectivity index (χ4n) is 4.03. The highest BCUT2D eigenvalue weighted by Gasteiger charge is 2.38. The van der Waals surface area contributed by atoms with Gasteiger partial charge in [0.15, 0.2) is 0 Å². The van der Waals surface area contributed by atoms with E-state index < -0.39 is 18.3 Å². The maximum absolute atomic E-state index is 10.8. The fraction of sp³-hybridized carbons (Fsp3) is 0.773. The van der Waals surface area contributed by atoms with Crippen molar-refractivity contribution in [2.24, 2.45) is 11.8 Å². The molecule has 27 heavy (non-hydrogen) atoms. The van der Waals surface area contributed by atoms with Crippen LogP contribution in [0.15, 0.2) is 23.8 Å². The van der Waals surface area contributed by atoms with E-state index in [0.29, 0.717) is 18.4 Å². The van der Waals surface area contributed by atoms with E-state index in [1.165, 1.54) is 6.42 Å². The Morgan fingerprint density at radius 1 is 1.22 bits per heavy atom. The molecular weight excluding hydrogens is 344 g/mol. The highest BCUT2D eigenvalue weighted by atomic mass is 16.5. The Morgan fingerprint density at radius 2 is 1.96 bits per heavy atom. The average Bonchev–Trinajstić information content (AvgIpc) is 2.62. The number of allylic oxidation sites excluding steroid dienone is 2. The molecule has 2 rings (SSSR count). The van der Waals surface area contributed by atoms with Gasteiger partial charge in [0.25, 0.3) is 0 Å². The standard InChI is InChI=1S/C22H36O5/c1-14(5-9-20-15(2)7-8-16(3)26-20)6-10-21-22(25)19(17(4)24)13-18(27-21)11-12-23/h5-6,10,12,15-22,24-25H,7-9,11,13H2,1-4H3/b10-6+,14-5+/t15-,16+,17?,18+,19?,20-,21?,22-/m0/s1. The van der Waals surface area contributed by atoms with Crippen LogP contribution in [-0.2, 0) is 14.3 Å². The minimum absolute atomic E-state index is 0.255. The van der Waals surface area contributed by atoms with Crippen molar-refractivity contribution >= 4 is 6.29 Å². The van der Waals surface area contributed by atoms with Crippen LogP contribution in [0.2, 0.25) is 0 Å². The van der Waals surface area contributed by atoms with Crippen LogP contribution >= 0.6 is 0 Å². The molecule has 8 atom stereocenters. The predicted octanol–water partition coefficient (Wildman–Crippen LogP) is 3.19. The summed E-state index contributed by atoms with van der Waals surface area (Å²) >= 11 is 0. The SMILES string of the molecule is CC(/C=C/C1O[C@H](CC=O)CC(C(C)O)[C@@H]1O)=C\C[C@@H]1O[C@H](C)CC[C@@H]1C. The van der Waals surface area contributed by atoms with E-state index in [-0.39, 0.29) is 24.5 Å². The Balaban J connectivity index is 1.97. The first-order valence-corrected chi connectivity index (χ1v) is 10.3. The third-order valence-corrected chi connectivity index (χ3v) is 5.93. The molecule has 0 bridgehead atoms. The summed E-state index contributed by atoms with van der Waals surface area (Å²) in [5.41, 5.74) is 1.09. The molecule has 3 unspecified atom stereocenters. The normalized spacial score (nSPS) is 39.5. The zero-order valence-corrected chi connectivity index (χ0v) is 17.1. The molecule has 2 aliphatic rings. The molecule has 0 aromatic carbocycles. The van der Waals surface area contributed by atoms with E-state index in [2.05, 4.69) is 19.9 Å². The summed E-state index contributed by atoms with van der Waals surface area (Å²) in [6.07, 6.45) is 9.16. The van der Waals surface area contributed by atoms with E-state index in [1.807, 2.05) is 19.1 Å². The van der Waals surface area contributed by atoms with Crippen LogP contribution in [0.4, 0.5) is 0 Å². The van der Waals surface area contributed by atoms with Crippen molar-refractivity contribution in [1.82, 2.24) is 0 Å². The maximum atomic E-state index is 10.8. The third kappa shape index (κ3) is 6.53. The van der Waals surface area contributed by atoms with E-state index in [9.17, 15) is 15.0 Å². The van der Waals surface area contributed by atoms with Crippen LogP contribution in [0, 0.1) is 11.8 Å². The largest absolute Gasteiger partial charge is 0.393 e. The molecule has 2 aliphatic heterocycles. The van der Waals surface area contributed by atoms with Crippen molar-refractivity contribution in [1.29, 1.82) is 0 Å². The minimum Gasteiger partial charge on any atom is -0.393 e. The summed E-state index contributed by atoms with van der Waals surface area (Å²) in [4.78, 5) is 10.8. The number of ether oxygens (including phenoxy) is 2. The van der Waals surface area contributed by atoms with Crippen molar-refractivity contribution in [2.45, 2.75) is 96.4 Å². The molecule has 0 amide bonds. The van der Waals surface area contributed by atoms with Gasteiger partial charge < -0.3 is 24.5 Å². The van der Waals surface area contributed by atoms with Gasteiger partial charge in [-0.05, 0) is 52.4 Å². The quantitative estimate of drug-likeness (QED) is 0.524. The molecule has 0 radical (unpaired) electrons. The van der Waals surface area contributed by atoms with Crippen LogP contribution < -0.4 is 0 Å². The van der Waals surface area contributed by atoms with Gasteiger partial charge in [0, 0.05) is 12.3 Å². The molecule has 0 aromatic rings. The summed E-state index contributed by atoms with van der Waals surface area (Å²) in [6.45, 7) is 8.07. The molecule has 0 aliphatic carbocycles. The lowest BCUT2D eigenvalue weighted by Gasteiger charge is -2.39. The molecule has 2 fully saturated rings. The van der Waals surface area contributed by atoms with Gasteiger partial charge in [-0.1, -0.05) is 30.7 Å². The average molecular weight is 381 g/mol. The van der Waals surface area contributed by atoms with Crippen molar-refractivity contribution < 1.29 is 24.5 Å². The van der Waals surface area contributed by atoms with Gasteiger partial charge in [-0.15, -0.1) is 0 Å². The van der Waals surface area contributed by atoms with Gasteiger partial charge in [0.2, 0.25) is 0 Å². The predicted molar refractivity (Wildman–Crippen MR) is 105 cm³/mol. The van der Waals surface area contributed by atoms with E-state index in [4.69, 9.17) is 9.47 Å². The van der Waals surface area contributed by atoms with Gasteiger partial charge >= 0.3 is 0 Å². The maximum Gasteiger partial charge on any atom is 0.122 e. The zero-order valence-electron chi connectivity index (χ0n) is 17.1. The lowest BCUT2D eigenvalue weighted by atomic mass is 9.84. The second kappa shape index (κ2) is 10.5. The Hall–Kier alpha value is -1.01. The monoisotopic (exact) mass is 380 g/mol. The molecule has 0 saturated carbocycles. The van der Waals surface area contributed by atoms with Crippen molar-refractivity contribution in [2.75, 3.05) is 0 Å². The number of hydrogen-bond acceptors (Lipinski definition) is 5. The molecule has 5 heteroatoms. The topological polar surface area (TPSA) is 76.0 Å². The first-order chi connectivity index (χ1) is 12.8. The van der Waals surface area contributed by atoms with E-state index in [1.54, 1.807) is 6.92 Å². The Kier molecular flexibility index (Phi) is 8.67. The summed E-state index contributed by atoms with van der Waals surface area (Å²) in [6, 6.07) is 0. The Labute approximate surface area is 163 Å². The number of aldehydes is 1. The number of aliphatic hydroxyl groups is 2. The second-order valence-corrected chi connectivity index (χ2v) is 8.34. The van der Waals surface area contributed by atoms with Crippen LogP contribution in [0.25, 0.3) is 0 Å². The highest BCUT2D eigenvalue weighted by Crippen LogP contribution is 2.30. The molecule has 2 saturated heterocycles. The summed E-state index contributed by atoms with van der Waals surface area (Å²) < 4.78 is 11.9. The van der Waals surface area contributed by atoms with Gasteiger partial charge in [-0.2, -0.15) is 0 Å². The lowest BCUT2D eigenvalue weighted by molar-refractivity contribution is -0.150. The molecular formula is C22H36O5. The number of aliphatic hydroxyl groups excluding tert-OH is 2. The van der Waals surface area contributed by atoms with Crippen LogP contribution in [0.3, 0.4) is 0 Å². The fourth-order valence-corrected chi connectivity index (χ4v) is 4.03. The van der Waals surface area contributed by atoms with Crippen LogP contribution in [-0.4, -0.2) is 53.1 Å². The van der Waals surface area contributed by atoms with Crippen LogP contribution in [0.5, 0.6) is 0 Å². The summed E-state index contributed by atoms with van der Waals surface area (Å²) in [5, 5.41) is 20.5. The van der Waals surface area contributed by atoms with Crippen LogP contribution in [0.1, 0.15) is 59.8 Å². The smallest absolute Gasteiger partial charge is 0.122 e. The van der Waals surface area contributed by atoms with Gasteiger partial charge in [-0.25, -0.2) is 0 Å². The molecule has 0 aromatic heterocycles. The highest BCUT2D eigenvalue weighted by molar-refractivity contribution is 5.50. The Bertz CT molecular complexity index is 527. The molecule has 5 nitrogen and oxygen atoms in total. The molecule has 2 heterocycles. The second-order valence-electron chi connectivity index (χ2n) is 8.34. The first-order valence-electron chi connectivity index (χ1n) is 10.3. The van der Waals surface area contributed by atoms with Crippen molar-refractivity contribution in [3.8, 4) is 0 Å². The lowest BCUT2D eigenvalue weighted by Crippen LogP contribution is -2.48. The zero-order chi connectivity index (χ0) is 20.0.